The number of pyridine rings is 1. The van der Waals surface area contributed by atoms with Gasteiger partial charge in [-0.1, -0.05) is 0 Å². The van der Waals surface area contributed by atoms with E-state index >= 15 is 0 Å². The maximum atomic E-state index is 11.0. The SMILES string of the molecule is C=N/C=C1/CCN(c2cnc3c(c2C)NCCO3)C/C1=N/CNc1ccc(C(=O)O)cc1. The molecule has 0 saturated carbocycles. The number of nitrogens with zero attached hydrogens (tertiary/aromatic N) is 4. The van der Waals surface area contributed by atoms with Gasteiger partial charge in [-0.15, -0.1) is 0 Å². The molecule has 0 unspecified atom stereocenters. The molecule has 9 heteroatoms. The van der Waals surface area contributed by atoms with Crippen LogP contribution in [0.1, 0.15) is 22.3 Å². The molecule has 166 valence electrons. The van der Waals surface area contributed by atoms with Crippen molar-refractivity contribution in [1.29, 1.82) is 0 Å². The highest BCUT2D eigenvalue weighted by molar-refractivity contribution is 6.04. The summed E-state index contributed by atoms with van der Waals surface area (Å²) in [6, 6.07) is 6.60. The minimum atomic E-state index is -0.945. The van der Waals surface area contributed by atoms with Crippen molar-refractivity contribution in [1.82, 2.24) is 4.98 Å². The molecule has 3 N–H and O–H groups in total. The van der Waals surface area contributed by atoms with Crippen LogP contribution in [0.3, 0.4) is 0 Å². The van der Waals surface area contributed by atoms with E-state index in [9.17, 15) is 4.79 Å². The first-order valence-corrected chi connectivity index (χ1v) is 10.4. The number of aromatic nitrogens is 1. The van der Waals surface area contributed by atoms with E-state index in [1.54, 1.807) is 30.5 Å². The summed E-state index contributed by atoms with van der Waals surface area (Å²) in [6.45, 7) is 8.87. The average molecular weight is 435 g/mol. The van der Waals surface area contributed by atoms with E-state index in [-0.39, 0.29) is 5.56 Å². The predicted octanol–water partition coefficient (Wildman–Crippen LogP) is 3.20. The summed E-state index contributed by atoms with van der Waals surface area (Å²) >= 11 is 0. The maximum Gasteiger partial charge on any atom is 0.335 e. The number of carboxylic acid groups (broad SMARTS) is 1. The van der Waals surface area contributed by atoms with E-state index in [1.165, 1.54) is 0 Å². The quantitative estimate of drug-likeness (QED) is 0.599. The molecule has 4 rings (SSSR count). The minimum absolute atomic E-state index is 0.251. The first-order valence-electron chi connectivity index (χ1n) is 10.4. The standard InChI is InChI=1S/C23H26N6O3/c1-15-20(12-26-22-21(15)25-8-10-32-22)29-9-7-17(11-24-2)19(13-29)28-14-27-18-5-3-16(4-6-18)23(30)31/h3-6,11-12,25,27H,2,7-10,13-14H2,1H3,(H,30,31)/b17-11-,28-19-. The Bertz CT molecular complexity index is 1080. The number of benzene rings is 1. The number of piperidine rings is 1. The molecule has 1 aromatic heterocycles. The fourth-order valence-electron chi connectivity index (χ4n) is 3.85. The summed E-state index contributed by atoms with van der Waals surface area (Å²) in [6.07, 6.45) is 4.43. The van der Waals surface area contributed by atoms with Gasteiger partial charge in [-0.3, -0.25) is 9.98 Å². The fraction of sp³-hybridized carbons (Fsp3) is 0.304. The number of hydrogen-bond donors (Lipinski definition) is 3. The zero-order chi connectivity index (χ0) is 22.5. The van der Waals surface area contributed by atoms with Crippen molar-refractivity contribution in [3.8, 4) is 5.88 Å². The molecule has 0 radical (unpaired) electrons. The van der Waals surface area contributed by atoms with Gasteiger partial charge in [-0.2, -0.15) is 0 Å². The highest BCUT2D eigenvalue weighted by Crippen LogP contribution is 2.35. The molecule has 0 bridgehead atoms. The van der Waals surface area contributed by atoms with Gasteiger partial charge in [0.1, 0.15) is 19.0 Å². The van der Waals surface area contributed by atoms with Crippen molar-refractivity contribution >= 4 is 35.5 Å². The Balaban J connectivity index is 1.50. The molecular weight excluding hydrogens is 408 g/mol. The Kier molecular flexibility index (Phi) is 6.34. The highest BCUT2D eigenvalue weighted by Gasteiger charge is 2.24. The van der Waals surface area contributed by atoms with E-state index in [0.29, 0.717) is 25.7 Å². The van der Waals surface area contributed by atoms with Crippen molar-refractivity contribution in [2.75, 3.05) is 48.4 Å². The van der Waals surface area contributed by atoms with Gasteiger partial charge >= 0.3 is 5.97 Å². The molecule has 2 aromatic rings. The van der Waals surface area contributed by atoms with Crippen LogP contribution in [-0.2, 0) is 0 Å². The van der Waals surface area contributed by atoms with Gasteiger partial charge in [0.15, 0.2) is 0 Å². The van der Waals surface area contributed by atoms with Gasteiger partial charge in [-0.05, 0) is 49.9 Å². The van der Waals surface area contributed by atoms with Crippen molar-refractivity contribution in [3.63, 3.8) is 0 Å². The Labute approximate surface area is 186 Å². The Morgan fingerprint density at radius 2 is 2.22 bits per heavy atom. The molecule has 1 fully saturated rings. The molecule has 1 saturated heterocycles. The van der Waals surface area contributed by atoms with Crippen LogP contribution in [0.25, 0.3) is 0 Å². The number of carbonyl (C=O) groups is 1. The third-order valence-electron chi connectivity index (χ3n) is 5.55. The number of anilines is 3. The monoisotopic (exact) mass is 434 g/mol. The van der Waals surface area contributed by atoms with Crippen molar-refractivity contribution < 1.29 is 14.6 Å². The minimum Gasteiger partial charge on any atom is -0.478 e. The zero-order valence-electron chi connectivity index (χ0n) is 18.0. The second-order valence-electron chi connectivity index (χ2n) is 7.55. The lowest BCUT2D eigenvalue weighted by Gasteiger charge is -2.33. The predicted molar refractivity (Wildman–Crippen MR) is 127 cm³/mol. The van der Waals surface area contributed by atoms with Gasteiger partial charge < -0.3 is 25.4 Å². The third-order valence-corrected chi connectivity index (χ3v) is 5.55. The van der Waals surface area contributed by atoms with E-state index in [4.69, 9.17) is 14.8 Å². The third kappa shape index (κ3) is 4.56. The van der Waals surface area contributed by atoms with Gasteiger partial charge in [0.05, 0.1) is 29.7 Å². The molecule has 3 heterocycles. The van der Waals surface area contributed by atoms with Crippen molar-refractivity contribution in [2.45, 2.75) is 13.3 Å². The van der Waals surface area contributed by atoms with E-state index < -0.39 is 5.97 Å². The molecule has 0 atom stereocenters. The lowest BCUT2D eigenvalue weighted by molar-refractivity contribution is 0.0697. The van der Waals surface area contributed by atoms with Gasteiger partial charge in [0, 0.05) is 30.5 Å². The number of aromatic carboxylic acids is 1. The second-order valence-corrected chi connectivity index (χ2v) is 7.55. The second kappa shape index (κ2) is 9.51. The van der Waals surface area contributed by atoms with Gasteiger partial charge in [0.2, 0.25) is 5.88 Å². The fourth-order valence-corrected chi connectivity index (χ4v) is 3.85. The van der Waals surface area contributed by atoms with Gasteiger partial charge in [0.25, 0.3) is 0 Å². The Morgan fingerprint density at radius 1 is 1.41 bits per heavy atom. The van der Waals surface area contributed by atoms with Crippen LogP contribution in [0.5, 0.6) is 5.88 Å². The average Bonchev–Trinajstić information content (AvgIpc) is 2.81. The number of nitrogens with one attached hydrogen (secondary N) is 2. The maximum absolute atomic E-state index is 11.0. The lowest BCUT2D eigenvalue weighted by Crippen LogP contribution is -2.38. The van der Waals surface area contributed by atoms with Crippen LogP contribution in [0.15, 0.2) is 52.2 Å². The summed E-state index contributed by atoms with van der Waals surface area (Å²) < 4.78 is 5.65. The summed E-state index contributed by atoms with van der Waals surface area (Å²) in [4.78, 5) is 26.5. The van der Waals surface area contributed by atoms with Crippen LogP contribution < -0.4 is 20.3 Å². The molecule has 2 aliphatic rings. The topological polar surface area (TPSA) is 111 Å². The van der Waals surface area contributed by atoms with E-state index in [1.807, 2.05) is 6.20 Å². The number of aliphatic imine (C=N–C) groups is 2. The number of fused-ring (bicyclic) bond motifs is 1. The van der Waals surface area contributed by atoms with Crippen LogP contribution >= 0.6 is 0 Å². The van der Waals surface area contributed by atoms with E-state index in [0.717, 1.165) is 53.4 Å². The van der Waals surface area contributed by atoms with Crippen LogP contribution in [0.2, 0.25) is 0 Å². The number of carboxylic acids is 1. The molecule has 0 amide bonds. The van der Waals surface area contributed by atoms with Crippen molar-refractivity contribution in [2.24, 2.45) is 9.98 Å². The summed E-state index contributed by atoms with van der Waals surface area (Å²) in [7, 11) is 0. The smallest absolute Gasteiger partial charge is 0.335 e. The summed E-state index contributed by atoms with van der Waals surface area (Å²) in [5, 5.41) is 15.6. The molecule has 1 aromatic carbocycles. The van der Waals surface area contributed by atoms with E-state index in [2.05, 4.69) is 39.2 Å². The van der Waals surface area contributed by atoms with Crippen LogP contribution in [0.4, 0.5) is 17.1 Å². The molecule has 0 spiro atoms. The Morgan fingerprint density at radius 3 is 2.97 bits per heavy atom. The van der Waals surface area contributed by atoms with Crippen molar-refractivity contribution in [3.05, 3.63) is 53.4 Å². The highest BCUT2D eigenvalue weighted by atomic mass is 16.5. The van der Waals surface area contributed by atoms with Gasteiger partial charge in [-0.25, -0.2) is 9.78 Å². The number of ether oxygens (including phenoxy) is 1. The summed E-state index contributed by atoms with van der Waals surface area (Å²) in [5.41, 5.74) is 6.16. The zero-order valence-corrected chi connectivity index (χ0v) is 18.0. The normalized spacial score (nSPS) is 18.0. The van der Waals surface area contributed by atoms with Crippen LogP contribution in [-0.4, -0.2) is 61.4 Å². The number of hydrogen-bond acceptors (Lipinski definition) is 8. The molecule has 2 aliphatic heterocycles. The first-order chi connectivity index (χ1) is 15.6. The molecule has 0 aliphatic carbocycles. The Hall–Kier alpha value is -3.88. The lowest BCUT2D eigenvalue weighted by atomic mass is 10.0. The molecule has 9 nitrogen and oxygen atoms in total. The largest absolute Gasteiger partial charge is 0.478 e. The van der Waals surface area contributed by atoms with Crippen LogP contribution in [0, 0.1) is 6.92 Å². The molecular formula is C23H26N6O3. The first kappa shape index (κ1) is 21.4. The summed E-state index contributed by atoms with van der Waals surface area (Å²) in [5.74, 6) is -0.294. The molecule has 32 heavy (non-hydrogen) atoms. The number of rotatable bonds is 6.